The smallest absolute Gasteiger partial charge is 0.191 e. The van der Waals surface area contributed by atoms with Crippen molar-refractivity contribution in [3.05, 3.63) is 42.7 Å². The SMILES string of the molecule is C=CCN1CCC(NC(=NC)NCC(C)Oc2ccccc2F)CC1. The summed E-state index contributed by atoms with van der Waals surface area (Å²) in [5, 5.41) is 6.71. The summed E-state index contributed by atoms with van der Waals surface area (Å²) in [4.78, 5) is 6.66. The first-order chi connectivity index (χ1) is 12.1. The van der Waals surface area contributed by atoms with Crippen LogP contribution in [0.25, 0.3) is 0 Å². The molecular weight excluding hydrogens is 319 g/mol. The summed E-state index contributed by atoms with van der Waals surface area (Å²) in [5.41, 5.74) is 0. The normalized spacial score (nSPS) is 17.8. The third-order valence-corrected chi connectivity index (χ3v) is 4.26. The maximum atomic E-state index is 13.6. The molecule has 25 heavy (non-hydrogen) atoms. The number of hydrogen-bond donors (Lipinski definition) is 2. The van der Waals surface area contributed by atoms with E-state index in [1.54, 1.807) is 25.2 Å². The number of nitrogens with one attached hydrogen (secondary N) is 2. The number of piperidine rings is 1. The molecule has 2 rings (SSSR count). The molecule has 2 N–H and O–H groups in total. The fourth-order valence-electron chi connectivity index (χ4n) is 2.87. The Kier molecular flexibility index (Phi) is 7.73. The average molecular weight is 348 g/mol. The van der Waals surface area contributed by atoms with Crippen LogP contribution in [0.2, 0.25) is 0 Å². The highest BCUT2D eigenvalue weighted by molar-refractivity contribution is 5.80. The van der Waals surface area contributed by atoms with Crippen LogP contribution >= 0.6 is 0 Å². The highest BCUT2D eigenvalue weighted by atomic mass is 19.1. The summed E-state index contributed by atoms with van der Waals surface area (Å²) in [6.45, 7) is 9.31. The zero-order valence-corrected chi connectivity index (χ0v) is 15.2. The third-order valence-electron chi connectivity index (χ3n) is 4.26. The van der Waals surface area contributed by atoms with Crippen molar-refractivity contribution in [1.29, 1.82) is 0 Å². The van der Waals surface area contributed by atoms with E-state index in [1.165, 1.54) is 6.07 Å². The first kappa shape index (κ1) is 19.2. The number of hydrogen-bond acceptors (Lipinski definition) is 3. The van der Waals surface area contributed by atoms with Crippen LogP contribution in [-0.2, 0) is 0 Å². The predicted molar refractivity (Wildman–Crippen MR) is 101 cm³/mol. The minimum absolute atomic E-state index is 0.176. The molecule has 1 saturated heterocycles. The largest absolute Gasteiger partial charge is 0.486 e. The summed E-state index contributed by atoms with van der Waals surface area (Å²) in [6, 6.07) is 6.86. The minimum atomic E-state index is -0.344. The number of guanidine groups is 1. The molecule has 1 heterocycles. The second-order valence-corrected chi connectivity index (χ2v) is 6.32. The first-order valence-corrected chi connectivity index (χ1v) is 8.84. The minimum Gasteiger partial charge on any atom is -0.486 e. The van der Waals surface area contributed by atoms with Gasteiger partial charge in [-0.25, -0.2) is 4.39 Å². The number of nitrogens with zero attached hydrogens (tertiary/aromatic N) is 2. The van der Waals surface area contributed by atoms with Crippen molar-refractivity contribution < 1.29 is 9.13 Å². The van der Waals surface area contributed by atoms with Crippen molar-refractivity contribution in [2.24, 2.45) is 4.99 Å². The number of ether oxygens (including phenoxy) is 1. The summed E-state index contributed by atoms with van der Waals surface area (Å²) in [5.74, 6) is 0.684. The van der Waals surface area contributed by atoms with Crippen LogP contribution in [0.5, 0.6) is 5.75 Å². The van der Waals surface area contributed by atoms with E-state index in [-0.39, 0.29) is 17.7 Å². The number of likely N-dealkylation sites (tertiary alicyclic amines) is 1. The predicted octanol–water partition coefficient (Wildman–Crippen LogP) is 2.41. The first-order valence-electron chi connectivity index (χ1n) is 8.84. The van der Waals surface area contributed by atoms with Gasteiger partial charge in [0.25, 0.3) is 0 Å². The van der Waals surface area contributed by atoms with E-state index in [0.29, 0.717) is 12.6 Å². The Morgan fingerprint density at radius 2 is 2.16 bits per heavy atom. The van der Waals surface area contributed by atoms with Gasteiger partial charge in [-0.05, 0) is 31.9 Å². The molecule has 0 radical (unpaired) electrons. The lowest BCUT2D eigenvalue weighted by molar-refractivity contribution is 0.212. The lowest BCUT2D eigenvalue weighted by Gasteiger charge is -2.32. The average Bonchev–Trinajstić information content (AvgIpc) is 2.62. The lowest BCUT2D eigenvalue weighted by atomic mass is 10.1. The molecule has 0 aromatic heterocycles. The van der Waals surface area contributed by atoms with E-state index in [9.17, 15) is 4.39 Å². The molecular formula is C19H29FN4O. The van der Waals surface area contributed by atoms with Gasteiger partial charge in [0.05, 0.1) is 6.54 Å². The van der Waals surface area contributed by atoms with Crippen LogP contribution < -0.4 is 15.4 Å². The maximum absolute atomic E-state index is 13.6. The van der Waals surface area contributed by atoms with Gasteiger partial charge in [-0.2, -0.15) is 0 Å². The zero-order valence-electron chi connectivity index (χ0n) is 15.2. The van der Waals surface area contributed by atoms with Crippen molar-refractivity contribution in [3.63, 3.8) is 0 Å². The number of rotatable bonds is 7. The Labute approximate surface area is 150 Å². The Morgan fingerprint density at radius 3 is 2.80 bits per heavy atom. The standard InChI is InChI=1S/C19H29FN4O/c1-4-11-24-12-9-16(10-13-24)23-19(21-3)22-14-15(2)25-18-8-6-5-7-17(18)20/h4-8,15-16H,1,9-14H2,2-3H3,(H2,21,22,23). The second-order valence-electron chi connectivity index (χ2n) is 6.32. The highest BCUT2D eigenvalue weighted by Crippen LogP contribution is 2.16. The lowest BCUT2D eigenvalue weighted by Crippen LogP contribution is -2.50. The van der Waals surface area contributed by atoms with E-state index in [0.717, 1.165) is 38.4 Å². The van der Waals surface area contributed by atoms with Gasteiger partial charge < -0.3 is 15.4 Å². The molecule has 0 amide bonds. The number of benzene rings is 1. The van der Waals surface area contributed by atoms with Gasteiger partial charge in [0.1, 0.15) is 6.10 Å². The van der Waals surface area contributed by atoms with Crippen LogP contribution in [0, 0.1) is 5.82 Å². The number of aliphatic imine (C=N–C) groups is 1. The van der Waals surface area contributed by atoms with E-state index in [1.807, 2.05) is 13.0 Å². The molecule has 1 aliphatic rings. The topological polar surface area (TPSA) is 48.9 Å². The Hall–Kier alpha value is -2.08. The van der Waals surface area contributed by atoms with Crippen molar-refractivity contribution >= 4 is 5.96 Å². The Balaban J connectivity index is 1.73. The van der Waals surface area contributed by atoms with Crippen LogP contribution in [0.3, 0.4) is 0 Å². The fraction of sp³-hybridized carbons (Fsp3) is 0.526. The van der Waals surface area contributed by atoms with Gasteiger partial charge >= 0.3 is 0 Å². The van der Waals surface area contributed by atoms with Crippen molar-refractivity contribution in [1.82, 2.24) is 15.5 Å². The Bertz CT molecular complexity index is 570. The zero-order chi connectivity index (χ0) is 18.1. The molecule has 1 fully saturated rings. The van der Waals surface area contributed by atoms with Crippen LogP contribution in [-0.4, -0.2) is 56.2 Å². The van der Waals surface area contributed by atoms with E-state index in [4.69, 9.17) is 4.74 Å². The third kappa shape index (κ3) is 6.38. The van der Waals surface area contributed by atoms with Crippen LogP contribution in [0.15, 0.2) is 41.9 Å². The van der Waals surface area contributed by atoms with Gasteiger partial charge in [0, 0.05) is 32.7 Å². The van der Waals surface area contributed by atoms with Crippen molar-refractivity contribution in [3.8, 4) is 5.75 Å². The second kappa shape index (κ2) is 10.0. The number of halogens is 1. The van der Waals surface area contributed by atoms with E-state index >= 15 is 0 Å². The molecule has 138 valence electrons. The monoisotopic (exact) mass is 348 g/mol. The molecule has 1 atom stereocenters. The van der Waals surface area contributed by atoms with Crippen molar-refractivity contribution in [2.75, 3.05) is 33.2 Å². The van der Waals surface area contributed by atoms with Crippen LogP contribution in [0.1, 0.15) is 19.8 Å². The summed E-state index contributed by atoms with van der Waals surface area (Å²) in [6.07, 6.45) is 3.93. The number of para-hydroxylation sites is 1. The molecule has 0 spiro atoms. The van der Waals surface area contributed by atoms with E-state index < -0.39 is 0 Å². The molecule has 1 aromatic carbocycles. The summed E-state index contributed by atoms with van der Waals surface area (Å²) < 4.78 is 19.3. The van der Waals surface area contributed by atoms with Gasteiger partial charge in [0.2, 0.25) is 0 Å². The van der Waals surface area contributed by atoms with Gasteiger partial charge in [-0.1, -0.05) is 18.2 Å². The summed E-state index contributed by atoms with van der Waals surface area (Å²) in [7, 11) is 1.75. The van der Waals surface area contributed by atoms with Gasteiger partial charge in [-0.15, -0.1) is 6.58 Å². The molecule has 0 aliphatic carbocycles. The van der Waals surface area contributed by atoms with Gasteiger partial charge in [0.15, 0.2) is 17.5 Å². The molecule has 6 heteroatoms. The molecule has 5 nitrogen and oxygen atoms in total. The van der Waals surface area contributed by atoms with E-state index in [2.05, 4.69) is 27.1 Å². The fourth-order valence-corrected chi connectivity index (χ4v) is 2.87. The summed E-state index contributed by atoms with van der Waals surface area (Å²) >= 11 is 0. The molecule has 1 aliphatic heterocycles. The Morgan fingerprint density at radius 1 is 1.44 bits per heavy atom. The van der Waals surface area contributed by atoms with Gasteiger partial charge in [-0.3, -0.25) is 9.89 Å². The highest BCUT2D eigenvalue weighted by Gasteiger charge is 2.19. The van der Waals surface area contributed by atoms with Crippen molar-refractivity contribution in [2.45, 2.75) is 31.9 Å². The maximum Gasteiger partial charge on any atom is 0.191 e. The quantitative estimate of drug-likeness (QED) is 0.451. The molecule has 1 aromatic rings. The molecule has 0 bridgehead atoms. The van der Waals surface area contributed by atoms with Crippen LogP contribution in [0.4, 0.5) is 4.39 Å². The molecule has 1 unspecified atom stereocenters. The molecule has 0 saturated carbocycles.